The highest BCUT2D eigenvalue weighted by Gasteiger charge is 2.37. The summed E-state index contributed by atoms with van der Waals surface area (Å²) in [5, 5.41) is 14.6. The van der Waals surface area contributed by atoms with Crippen molar-refractivity contribution in [2.45, 2.75) is 19.4 Å². The van der Waals surface area contributed by atoms with Crippen LogP contribution in [0.3, 0.4) is 0 Å². The Morgan fingerprint density at radius 3 is 2.75 bits per heavy atom. The maximum Gasteiger partial charge on any atom is 0.285 e. The third-order valence-electron chi connectivity index (χ3n) is 5.33. The van der Waals surface area contributed by atoms with Crippen LogP contribution in [0.2, 0.25) is 5.02 Å². The van der Waals surface area contributed by atoms with Gasteiger partial charge in [-0.25, -0.2) is 19.1 Å². The van der Waals surface area contributed by atoms with Gasteiger partial charge in [0.15, 0.2) is 11.6 Å². The zero-order chi connectivity index (χ0) is 21.7. The molecule has 0 bridgehead atoms. The zero-order valence-electron chi connectivity index (χ0n) is 16.9. The lowest BCUT2D eigenvalue weighted by Gasteiger charge is -2.42. The van der Waals surface area contributed by atoms with E-state index in [2.05, 4.69) is 26.1 Å². The van der Waals surface area contributed by atoms with Crippen molar-refractivity contribution in [2.24, 2.45) is 0 Å². The van der Waals surface area contributed by atoms with Gasteiger partial charge in [0.2, 0.25) is 5.95 Å². The van der Waals surface area contributed by atoms with E-state index in [4.69, 9.17) is 17.3 Å². The van der Waals surface area contributed by atoms with E-state index >= 15 is 0 Å². The number of nitrogens with zero attached hydrogens (tertiary/aromatic N) is 8. The molecule has 162 valence electrons. The van der Waals surface area contributed by atoms with E-state index in [-0.39, 0.29) is 36.6 Å². The van der Waals surface area contributed by atoms with Gasteiger partial charge >= 0.3 is 0 Å². The van der Waals surface area contributed by atoms with Crippen LogP contribution in [0.25, 0.3) is 11.3 Å². The van der Waals surface area contributed by atoms with Gasteiger partial charge in [0, 0.05) is 18.9 Å². The fourth-order valence-corrected chi connectivity index (χ4v) is 4.02. The van der Waals surface area contributed by atoms with Crippen molar-refractivity contribution < 1.29 is 0 Å². The van der Waals surface area contributed by atoms with Gasteiger partial charge in [-0.1, -0.05) is 17.7 Å². The first-order chi connectivity index (χ1) is 15.0. The number of aromatic nitrogens is 6. The van der Waals surface area contributed by atoms with Gasteiger partial charge in [0.25, 0.3) is 5.56 Å². The summed E-state index contributed by atoms with van der Waals surface area (Å²) in [4.78, 5) is 28.1. The van der Waals surface area contributed by atoms with Gasteiger partial charge in [-0.05, 0) is 31.5 Å². The monoisotopic (exact) mass is 467 g/mol. The third-order valence-corrected chi connectivity index (χ3v) is 5.64. The van der Waals surface area contributed by atoms with Crippen molar-refractivity contribution in [3.05, 3.63) is 69.1 Å². The lowest BCUT2D eigenvalue weighted by atomic mass is 10.0. The second kappa shape index (κ2) is 8.14. The minimum Gasteiger partial charge on any atom is -0.368 e. The number of nitrogen functional groups attached to an aromatic ring is 1. The van der Waals surface area contributed by atoms with Crippen molar-refractivity contribution in [1.82, 2.24) is 29.1 Å². The van der Waals surface area contributed by atoms with Crippen LogP contribution in [0.15, 0.2) is 41.5 Å². The SMILES string of the molecule is Cc1nc(N)nc(N2CCC2c2nn3ccc(Cl)c3c(=O)n2-c2ccccn2)c1C#N.S. The van der Waals surface area contributed by atoms with E-state index < -0.39 is 0 Å². The number of fused-ring (bicyclic) bond motifs is 1. The van der Waals surface area contributed by atoms with Crippen LogP contribution in [0.4, 0.5) is 11.8 Å². The lowest BCUT2D eigenvalue weighted by molar-refractivity contribution is 0.422. The van der Waals surface area contributed by atoms with Crippen LogP contribution in [-0.2, 0) is 0 Å². The quantitative estimate of drug-likeness (QED) is 0.484. The summed E-state index contributed by atoms with van der Waals surface area (Å²) in [6.45, 7) is 2.34. The fourth-order valence-electron chi connectivity index (χ4n) is 3.80. The molecule has 0 saturated carbocycles. The molecule has 4 aromatic heterocycles. The zero-order valence-corrected chi connectivity index (χ0v) is 18.7. The standard InChI is InChI=1S/C20H16ClN9O.H2S/c1-11-12(10-22)17(26-20(23)25-11)28-8-6-14(28)18-27-29-9-5-13(21)16(29)19(31)30(18)15-4-2-3-7-24-15;/h2-5,7,9,14H,6,8H2,1H3,(H2,23,25,26);1H2. The van der Waals surface area contributed by atoms with Crippen molar-refractivity contribution in [3.8, 4) is 11.9 Å². The Labute approximate surface area is 194 Å². The molecule has 0 spiro atoms. The van der Waals surface area contributed by atoms with Crippen molar-refractivity contribution in [1.29, 1.82) is 5.26 Å². The van der Waals surface area contributed by atoms with Gasteiger partial charge in [-0.2, -0.15) is 28.8 Å². The molecule has 4 aromatic rings. The highest BCUT2D eigenvalue weighted by atomic mass is 35.5. The van der Waals surface area contributed by atoms with Gasteiger partial charge in [0.05, 0.1) is 16.8 Å². The minimum atomic E-state index is -0.329. The third kappa shape index (κ3) is 3.24. The number of anilines is 2. The summed E-state index contributed by atoms with van der Waals surface area (Å²) in [5.41, 5.74) is 6.63. The summed E-state index contributed by atoms with van der Waals surface area (Å²) in [6, 6.07) is 8.76. The van der Waals surface area contributed by atoms with Crippen LogP contribution in [0.5, 0.6) is 0 Å². The smallest absolute Gasteiger partial charge is 0.285 e. The van der Waals surface area contributed by atoms with E-state index in [1.165, 1.54) is 9.08 Å². The Kier molecular flexibility index (Phi) is 5.50. The normalized spacial score (nSPS) is 15.2. The summed E-state index contributed by atoms with van der Waals surface area (Å²) in [6.07, 6.45) is 3.95. The molecule has 2 N–H and O–H groups in total. The maximum absolute atomic E-state index is 13.4. The first-order valence-corrected chi connectivity index (χ1v) is 9.89. The first-order valence-electron chi connectivity index (χ1n) is 9.51. The van der Waals surface area contributed by atoms with E-state index in [0.29, 0.717) is 46.7 Å². The van der Waals surface area contributed by atoms with Crippen molar-refractivity contribution >= 4 is 42.4 Å². The summed E-state index contributed by atoms with van der Waals surface area (Å²) in [7, 11) is 0. The van der Waals surface area contributed by atoms with E-state index in [9.17, 15) is 10.1 Å². The number of nitrogens with two attached hydrogens (primary N) is 1. The predicted octanol–water partition coefficient (Wildman–Crippen LogP) is 2.15. The van der Waals surface area contributed by atoms with Crippen molar-refractivity contribution in [2.75, 3.05) is 17.2 Å². The first kappa shape index (κ1) is 21.6. The molecular weight excluding hydrogens is 450 g/mol. The summed E-state index contributed by atoms with van der Waals surface area (Å²) >= 11 is 6.24. The van der Waals surface area contributed by atoms with Gasteiger partial charge in [-0.15, -0.1) is 0 Å². The average molecular weight is 468 g/mol. The molecule has 0 amide bonds. The number of pyridine rings is 1. The Morgan fingerprint density at radius 2 is 2.09 bits per heavy atom. The second-order valence-electron chi connectivity index (χ2n) is 7.12. The largest absolute Gasteiger partial charge is 0.368 e. The lowest BCUT2D eigenvalue weighted by Crippen LogP contribution is -2.45. The molecular formula is C20H18ClN9OS. The summed E-state index contributed by atoms with van der Waals surface area (Å²) in [5.74, 6) is 1.41. The molecule has 1 fully saturated rings. The molecule has 1 aliphatic rings. The van der Waals surface area contributed by atoms with Crippen LogP contribution in [0.1, 0.15) is 29.5 Å². The Balaban J connectivity index is 0.00000245. The van der Waals surface area contributed by atoms with E-state index in [0.717, 1.165) is 0 Å². The van der Waals surface area contributed by atoms with Gasteiger partial charge in [0.1, 0.15) is 23.0 Å². The molecule has 0 radical (unpaired) electrons. The van der Waals surface area contributed by atoms with E-state index in [1.807, 2.05) is 4.90 Å². The molecule has 12 heteroatoms. The number of aryl methyl sites for hydroxylation is 1. The molecule has 32 heavy (non-hydrogen) atoms. The van der Waals surface area contributed by atoms with E-state index in [1.54, 1.807) is 43.6 Å². The minimum absolute atomic E-state index is 0. The molecule has 1 unspecified atom stereocenters. The Hall–Kier alpha value is -3.62. The number of rotatable bonds is 3. The molecule has 0 aliphatic carbocycles. The maximum atomic E-state index is 13.4. The number of hydrogen-bond acceptors (Lipinski definition) is 8. The van der Waals surface area contributed by atoms with Gasteiger partial charge in [-0.3, -0.25) is 4.79 Å². The number of hydrogen-bond donors (Lipinski definition) is 1. The molecule has 1 atom stereocenters. The van der Waals surface area contributed by atoms with Crippen LogP contribution in [-0.4, -0.2) is 35.7 Å². The fraction of sp³-hybridized carbons (Fsp3) is 0.200. The molecule has 1 aliphatic heterocycles. The highest BCUT2D eigenvalue weighted by Crippen LogP contribution is 2.38. The van der Waals surface area contributed by atoms with Crippen molar-refractivity contribution in [3.63, 3.8) is 0 Å². The number of nitriles is 1. The van der Waals surface area contributed by atoms with Crippen LogP contribution >= 0.6 is 25.1 Å². The Bertz CT molecular complexity index is 1430. The Morgan fingerprint density at radius 1 is 1.28 bits per heavy atom. The molecule has 1 saturated heterocycles. The average Bonchev–Trinajstić information content (AvgIpc) is 3.09. The molecule has 10 nitrogen and oxygen atoms in total. The highest BCUT2D eigenvalue weighted by molar-refractivity contribution is 7.59. The van der Waals surface area contributed by atoms with Gasteiger partial charge < -0.3 is 10.6 Å². The molecule has 5 rings (SSSR count). The molecule has 0 aromatic carbocycles. The second-order valence-corrected chi connectivity index (χ2v) is 7.53. The summed E-state index contributed by atoms with van der Waals surface area (Å²) < 4.78 is 2.93. The number of halogens is 1. The topological polar surface area (TPSA) is 131 Å². The van der Waals surface area contributed by atoms with Crippen LogP contribution < -0.4 is 16.2 Å². The predicted molar refractivity (Wildman–Crippen MR) is 125 cm³/mol. The van der Waals surface area contributed by atoms with Crippen LogP contribution in [0, 0.1) is 18.3 Å². The molecule has 5 heterocycles.